The molecule has 1 aromatic heterocycles. The third-order valence-electron chi connectivity index (χ3n) is 2.60. The average molecular weight is 344 g/mol. The molecule has 0 saturated heterocycles. The number of hydrogen-bond donors (Lipinski definition) is 2. The van der Waals surface area contributed by atoms with Crippen molar-refractivity contribution in [1.29, 1.82) is 0 Å². The molecule has 2 N–H and O–H groups in total. The highest BCUT2D eigenvalue weighted by atomic mass is 79.9. The zero-order valence-electron chi connectivity index (χ0n) is 10.6. The fourth-order valence-electron chi connectivity index (χ4n) is 1.56. The number of aryl methyl sites for hydroxylation is 2. The standard InChI is InChI=1S/C12H14BrN3O2S/c1-3-11-14-7-12(15-11)19(17,18)16-10-5-4-8(2)6-9(10)13/h4-7,16H,3H2,1-2H3,(H,14,15). The highest BCUT2D eigenvalue weighted by molar-refractivity contribution is 9.10. The molecule has 0 aliphatic heterocycles. The maximum Gasteiger partial charge on any atom is 0.279 e. The summed E-state index contributed by atoms with van der Waals surface area (Å²) in [7, 11) is -3.64. The smallest absolute Gasteiger partial charge is 0.279 e. The largest absolute Gasteiger partial charge is 0.332 e. The second-order valence-electron chi connectivity index (χ2n) is 4.14. The summed E-state index contributed by atoms with van der Waals surface area (Å²) in [5.74, 6) is 0.642. The van der Waals surface area contributed by atoms with Crippen molar-refractivity contribution >= 4 is 31.6 Å². The molecule has 0 aliphatic rings. The quantitative estimate of drug-likeness (QED) is 0.896. The van der Waals surface area contributed by atoms with Crippen LogP contribution in [0.2, 0.25) is 0 Å². The lowest BCUT2D eigenvalue weighted by molar-refractivity contribution is 0.598. The van der Waals surface area contributed by atoms with E-state index in [-0.39, 0.29) is 5.03 Å². The topological polar surface area (TPSA) is 74.8 Å². The zero-order valence-corrected chi connectivity index (χ0v) is 13.0. The lowest BCUT2D eigenvalue weighted by Crippen LogP contribution is -2.13. The molecular weight excluding hydrogens is 330 g/mol. The van der Waals surface area contributed by atoms with Gasteiger partial charge in [-0.25, -0.2) is 4.98 Å². The number of H-pyrrole nitrogens is 1. The predicted octanol–water partition coefficient (Wildman–Crippen LogP) is 2.84. The second-order valence-corrected chi connectivity index (χ2v) is 6.64. The Morgan fingerprint density at radius 3 is 2.74 bits per heavy atom. The normalized spacial score (nSPS) is 11.5. The van der Waals surface area contributed by atoms with Gasteiger partial charge in [0, 0.05) is 10.9 Å². The van der Waals surface area contributed by atoms with Gasteiger partial charge in [0.1, 0.15) is 5.82 Å². The molecule has 0 aliphatic carbocycles. The molecule has 19 heavy (non-hydrogen) atoms. The van der Waals surface area contributed by atoms with Crippen LogP contribution in [0.1, 0.15) is 18.3 Å². The van der Waals surface area contributed by atoms with Gasteiger partial charge < -0.3 is 4.98 Å². The fraction of sp³-hybridized carbons (Fsp3) is 0.250. The van der Waals surface area contributed by atoms with Crippen molar-refractivity contribution in [3.8, 4) is 0 Å². The summed E-state index contributed by atoms with van der Waals surface area (Å²) in [5, 5.41) is 0.0665. The Morgan fingerprint density at radius 2 is 2.16 bits per heavy atom. The SMILES string of the molecule is CCc1ncc(S(=O)(=O)Nc2ccc(C)cc2Br)[nH]1. The van der Waals surface area contributed by atoms with E-state index in [0.717, 1.165) is 5.56 Å². The number of nitrogens with one attached hydrogen (secondary N) is 2. The summed E-state index contributed by atoms with van der Waals surface area (Å²) in [6.45, 7) is 3.84. The minimum Gasteiger partial charge on any atom is -0.332 e. The second kappa shape index (κ2) is 5.34. The van der Waals surface area contributed by atoms with Crippen molar-refractivity contribution in [3.63, 3.8) is 0 Å². The summed E-state index contributed by atoms with van der Waals surface area (Å²) >= 11 is 3.34. The molecule has 102 valence electrons. The first-order chi connectivity index (χ1) is 8.92. The van der Waals surface area contributed by atoms with E-state index in [1.807, 2.05) is 26.0 Å². The molecule has 1 aromatic carbocycles. The summed E-state index contributed by atoms with van der Waals surface area (Å²) in [6, 6.07) is 5.41. The molecule has 5 nitrogen and oxygen atoms in total. The van der Waals surface area contributed by atoms with Crippen LogP contribution in [0.4, 0.5) is 5.69 Å². The van der Waals surface area contributed by atoms with Crippen LogP contribution in [-0.4, -0.2) is 18.4 Å². The number of hydrogen-bond acceptors (Lipinski definition) is 3. The molecule has 0 bridgehead atoms. The Bertz CT molecular complexity index is 695. The fourth-order valence-corrected chi connectivity index (χ4v) is 3.31. The summed E-state index contributed by atoms with van der Waals surface area (Å²) in [5.41, 5.74) is 1.54. The van der Waals surface area contributed by atoms with Crippen molar-refractivity contribution in [2.75, 3.05) is 4.72 Å². The van der Waals surface area contributed by atoms with Crippen LogP contribution in [0.3, 0.4) is 0 Å². The Balaban J connectivity index is 2.30. The van der Waals surface area contributed by atoms with Gasteiger partial charge in [-0.05, 0) is 40.5 Å². The summed E-state index contributed by atoms with van der Waals surface area (Å²) in [4.78, 5) is 6.77. The van der Waals surface area contributed by atoms with Crippen LogP contribution < -0.4 is 4.72 Å². The van der Waals surface area contributed by atoms with Crippen LogP contribution in [0.15, 0.2) is 33.9 Å². The molecule has 7 heteroatoms. The van der Waals surface area contributed by atoms with E-state index in [1.54, 1.807) is 6.07 Å². The number of anilines is 1. The van der Waals surface area contributed by atoms with Crippen LogP contribution in [0.5, 0.6) is 0 Å². The molecule has 0 radical (unpaired) electrons. The van der Waals surface area contributed by atoms with Gasteiger partial charge in [-0.3, -0.25) is 4.72 Å². The van der Waals surface area contributed by atoms with E-state index in [4.69, 9.17) is 0 Å². The zero-order chi connectivity index (χ0) is 14.0. The summed E-state index contributed by atoms with van der Waals surface area (Å²) in [6.07, 6.45) is 1.98. The molecule has 0 atom stereocenters. The van der Waals surface area contributed by atoms with Crippen LogP contribution in [-0.2, 0) is 16.4 Å². The van der Waals surface area contributed by atoms with E-state index < -0.39 is 10.0 Å². The van der Waals surface area contributed by atoms with E-state index >= 15 is 0 Å². The van der Waals surface area contributed by atoms with Gasteiger partial charge in [-0.1, -0.05) is 13.0 Å². The number of nitrogens with zero attached hydrogens (tertiary/aromatic N) is 1. The molecule has 0 unspecified atom stereocenters. The lowest BCUT2D eigenvalue weighted by Gasteiger charge is -2.08. The number of aromatic nitrogens is 2. The minimum atomic E-state index is -3.64. The van der Waals surface area contributed by atoms with Gasteiger partial charge in [0.15, 0.2) is 5.03 Å². The number of sulfonamides is 1. The number of aromatic amines is 1. The molecule has 0 saturated carbocycles. The first-order valence-corrected chi connectivity index (χ1v) is 8.03. The molecule has 2 rings (SSSR count). The van der Waals surface area contributed by atoms with Gasteiger partial charge in [0.25, 0.3) is 10.0 Å². The highest BCUT2D eigenvalue weighted by Crippen LogP contribution is 2.25. The Hall–Kier alpha value is -1.34. The first kappa shape index (κ1) is 14.1. The highest BCUT2D eigenvalue weighted by Gasteiger charge is 2.18. The maximum absolute atomic E-state index is 12.2. The van der Waals surface area contributed by atoms with Gasteiger partial charge >= 0.3 is 0 Å². The van der Waals surface area contributed by atoms with Gasteiger partial charge in [-0.2, -0.15) is 8.42 Å². The van der Waals surface area contributed by atoms with Gasteiger partial charge in [0.05, 0.1) is 11.9 Å². The predicted molar refractivity (Wildman–Crippen MR) is 77.7 cm³/mol. The summed E-state index contributed by atoms with van der Waals surface area (Å²) < 4.78 is 27.6. The number of halogens is 1. The maximum atomic E-state index is 12.2. The minimum absolute atomic E-state index is 0.0665. The third-order valence-corrected chi connectivity index (χ3v) is 4.53. The molecule has 2 aromatic rings. The Labute approximate surface area is 120 Å². The van der Waals surface area contributed by atoms with Crippen LogP contribution in [0, 0.1) is 6.92 Å². The third kappa shape index (κ3) is 3.16. The molecule has 0 fully saturated rings. The lowest BCUT2D eigenvalue weighted by atomic mass is 10.2. The van der Waals surface area contributed by atoms with Gasteiger partial charge in [0.2, 0.25) is 0 Å². The molecular formula is C12H14BrN3O2S. The number of benzene rings is 1. The van der Waals surface area contributed by atoms with Crippen LogP contribution >= 0.6 is 15.9 Å². The number of rotatable bonds is 4. The molecule has 0 spiro atoms. The molecule has 0 amide bonds. The first-order valence-electron chi connectivity index (χ1n) is 5.75. The van der Waals surface area contributed by atoms with Crippen molar-refractivity contribution < 1.29 is 8.42 Å². The monoisotopic (exact) mass is 343 g/mol. The van der Waals surface area contributed by atoms with E-state index in [1.165, 1.54) is 6.20 Å². The van der Waals surface area contributed by atoms with Crippen molar-refractivity contribution in [2.24, 2.45) is 0 Å². The van der Waals surface area contributed by atoms with E-state index in [9.17, 15) is 8.42 Å². The van der Waals surface area contributed by atoms with E-state index in [2.05, 4.69) is 30.6 Å². The van der Waals surface area contributed by atoms with Crippen molar-refractivity contribution in [2.45, 2.75) is 25.3 Å². The average Bonchev–Trinajstić information content (AvgIpc) is 2.82. The van der Waals surface area contributed by atoms with Gasteiger partial charge in [-0.15, -0.1) is 0 Å². The molecule has 1 heterocycles. The number of imidazole rings is 1. The van der Waals surface area contributed by atoms with E-state index in [0.29, 0.717) is 22.4 Å². The van der Waals surface area contributed by atoms with Crippen molar-refractivity contribution in [3.05, 3.63) is 40.3 Å². The Kier molecular flexibility index (Phi) is 3.96. The van der Waals surface area contributed by atoms with Crippen LogP contribution in [0.25, 0.3) is 0 Å². The Morgan fingerprint density at radius 1 is 1.42 bits per heavy atom. The van der Waals surface area contributed by atoms with Crippen molar-refractivity contribution in [1.82, 2.24) is 9.97 Å².